The van der Waals surface area contributed by atoms with Crippen LogP contribution in [0.25, 0.3) is 21.9 Å². The van der Waals surface area contributed by atoms with E-state index in [0.717, 1.165) is 23.2 Å². The lowest BCUT2D eigenvalue weighted by atomic mass is 10.0. The number of rotatable bonds is 8. The number of nitrogens with two attached hydrogens (primary N) is 1. The molecule has 7 heteroatoms. The summed E-state index contributed by atoms with van der Waals surface area (Å²) in [5.74, 6) is -0.462. The maximum atomic E-state index is 13.2. The van der Waals surface area contributed by atoms with Gasteiger partial charge in [-0.15, -0.1) is 5.10 Å². The highest BCUT2D eigenvalue weighted by Gasteiger charge is 2.10. The Morgan fingerprint density at radius 2 is 1.69 bits per heavy atom. The molecule has 0 aliphatic carbocycles. The number of amides is 1. The molecule has 3 N–H and O–H groups in total. The molecule has 180 valence electrons. The van der Waals surface area contributed by atoms with Gasteiger partial charge in [0.1, 0.15) is 5.82 Å². The van der Waals surface area contributed by atoms with Gasteiger partial charge in [-0.05, 0) is 58.1 Å². The van der Waals surface area contributed by atoms with Crippen molar-refractivity contribution in [3.63, 3.8) is 0 Å². The van der Waals surface area contributed by atoms with Crippen LogP contribution in [0.1, 0.15) is 17.7 Å². The fourth-order valence-electron chi connectivity index (χ4n) is 4.25. The summed E-state index contributed by atoms with van der Waals surface area (Å²) in [7, 11) is 0. The number of halogens is 1. The van der Waals surface area contributed by atoms with Crippen LogP contribution in [0.5, 0.6) is 0 Å². The molecule has 0 saturated carbocycles. The number of aromatic nitrogens is 3. The van der Waals surface area contributed by atoms with Crippen LogP contribution in [0, 0.1) is 5.82 Å². The third-order valence-corrected chi connectivity index (χ3v) is 6.19. The van der Waals surface area contributed by atoms with Crippen LogP contribution in [0.3, 0.4) is 0 Å². The number of benzene rings is 4. The van der Waals surface area contributed by atoms with E-state index in [9.17, 15) is 9.18 Å². The van der Waals surface area contributed by atoms with Crippen LogP contribution in [0.4, 0.5) is 15.8 Å². The SMILES string of the molecule is Nc1ccc(-c2ccc(F)cc2)cc1NC(=O)CCc1cn(CCc2cccc3ccccc23)nn1. The van der Waals surface area contributed by atoms with Gasteiger partial charge in [0.05, 0.1) is 17.1 Å². The van der Waals surface area contributed by atoms with E-state index < -0.39 is 0 Å². The van der Waals surface area contributed by atoms with E-state index in [-0.39, 0.29) is 18.1 Å². The van der Waals surface area contributed by atoms with Gasteiger partial charge in [0.15, 0.2) is 0 Å². The predicted octanol–water partition coefficient (Wildman–Crippen LogP) is 5.63. The number of carbonyl (C=O) groups excluding carboxylic acids is 1. The average molecular weight is 480 g/mol. The first-order valence-electron chi connectivity index (χ1n) is 11.9. The van der Waals surface area contributed by atoms with Crippen molar-refractivity contribution in [1.29, 1.82) is 0 Å². The van der Waals surface area contributed by atoms with E-state index in [1.165, 1.54) is 28.5 Å². The van der Waals surface area contributed by atoms with Crippen molar-refractivity contribution >= 4 is 28.1 Å². The van der Waals surface area contributed by atoms with Crippen molar-refractivity contribution in [3.05, 3.63) is 108 Å². The van der Waals surface area contributed by atoms with Crippen LogP contribution in [-0.2, 0) is 24.2 Å². The van der Waals surface area contributed by atoms with Gasteiger partial charge >= 0.3 is 0 Å². The second-order valence-corrected chi connectivity index (χ2v) is 8.72. The molecular weight excluding hydrogens is 453 g/mol. The van der Waals surface area contributed by atoms with Crippen molar-refractivity contribution in [3.8, 4) is 11.1 Å². The minimum Gasteiger partial charge on any atom is -0.397 e. The van der Waals surface area contributed by atoms with Crippen LogP contribution >= 0.6 is 0 Å². The Balaban J connectivity index is 1.17. The lowest BCUT2D eigenvalue weighted by Gasteiger charge is -2.10. The Morgan fingerprint density at radius 3 is 2.56 bits per heavy atom. The molecule has 5 rings (SSSR count). The molecule has 0 fully saturated rings. The van der Waals surface area contributed by atoms with E-state index in [2.05, 4.69) is 52.0 Å². The number of carbonyl (C=O) groups is 1. The van der Waals surface area contributed by atoms with Gasteiger partial charge in [-0.3, -0.25) is 9.48 Å². The Morgan fingerprint density at radius 1 is 0.917 bits per heavy atom. The van der Waals surface area contributed by atoms with Crippen LogP contribution in [0.15, 0.2) is 91.1 Å². The van der Waals surface area contributed by atoms with Crippen LogP contribution in [-0.4, -0.2) is 20.9 Å². The third kappa shape index (κ3) is 5.41. The van der Waals surface area contributed by atoms with Gasteiger partial charge in [-0.25, -0.2) is 4.39 Å². The zero-order chi connectivity index (χ0) is 24.9. The molecule has 0 spiro atoms. The summed E-state index contributed by atoms with van der Waals surface area (Å²) in [6.45, 7) is 0.708. The molecule has 36 heavy (non-hydrogen) atoms. The number of hydrogen-bond donors (Lipinski definition) is 2. The molecule has 1 amide bonds. The summed E-state index contributed by atoms with van der Waals surface area (Å²) in [6.07, 6.45) is 3.45. The molecule has 0 bridgehead atoms. The van der Waals surface area contributed by atoms with Crippen molar-refractivity contribution in [2.45, 2.75) is 25.8 Å². The quantitative estimate of drug-likeness (QED) is 0.282. The van der Waals surface area contributed by atoms with E-state index >= 15 is 0 Å². The zero-order valence-electron chi connectivity index (χ0n) is 19.7. The zero-order valence-corrected chi connectivity index (χ0v) is 19.7. The number of anilines is 2. The lowest BCUT2D eigenvalue weighted by Crippen LogP contribution is -2.13. The summed E-state index contributed by atoms with van der Waals surface area (Å²) in [5, 5.41) is 13.8. The smallest absolute Gasteiger partial charge is 0.224 e. The van der Waals surface area contributed by atoms with Gasteiger partial charge < -0.3 is 11.1 Å². The summed E-state index contributed by atoms with van der Waals surface area (Å²) in [6, 6.07) is 26.2. The second kappa shape index (κ2) is 10.4. The molecular formula is C29H26FN5O. The van der Waals surface area contributed by atoms with Gasteiger partial charge in [-0.2, -0.15) is 0 Å². The molecule has 4 aromatic carbocycles. The van der Waals surface area contributed by atoms with Gasteiger partial charge in [0.25, 0.3) is 0 Å². The topological polar surface area (TPSA) is 85.8 Å². The number of fused-ring (bicyclic) bond motifs is 1. The Bertz CT molecular complexity index is 1500. The normalized spacial score (nSPS) is 11.0. The lowest BCUT2D eigenvalue weighted by molar-refractivity contribution is -0.116. The van der Waals surface area contributed by atoms with Gasteiger partial charge in [0, 0.05) is 25.6 Å². The molecule has 0 aliphatic rings. The predicted molar refractivity (Wildman–Crippen MR) is 141 cm³/mol. The average Bonchev–Trinajstić information content (AvgIpc) is 3.36. The fraction of sp³-hybridized carbons (Fsp3) is 0.138. The number of nitrogen functional groups attached to an aromatic ring is 1. The monoisotopic (exact) mass is 479 g/mol. The highest BCUT2D eigenvalue weighted by Crippen LogP contribution is 2.27. The van der Waals surface area contributed by atoms with Crippen molar-refractivity contribution in [2.75, 3.05) is 11.1 Å². The third-order valence-electron chi connectivity index (χ3n) is 6.19. The molecule has 0 saturated heterocycles. The molecule has 0 radical (unpaired) electrons. The summed E-state index contributed by atoms with van der Waals surface area (Å²) >= 11 is 0. The maximum Gasteiger partial charge on any atom is 0.224 e. The molecule has 1 heterocycles. The Kier molecular flexibility index (Phi) is 6.71. The standard InChI is InChI=1S/C29H26FN5O/c30-24-11-8-20(9-12-24)23-10-14-27(31)28(18-23)32-29(36)15-13-25-19-35(34-33-25)17-16-22-6-3-5-21-4-1-2-7-26(21)22/h1-12,14,18-19H,13,15-17,31H2,(H,32,36). The van der Waals surface area contributed by atoms with E-state index in [4.69, 9.17) is 5.73 Å². The van der Waals surface area contributed by atoms with Crippen LogP contribution in [0.2, 0.25) is 0 Å². The molecule has 0 unspecified atom stereocenters. The first-order chi connectivity index (χ1) is 17.5. The van der Waals surface area contributed by atoms with Crippen molar-refractivity contribution < 1.29 is 9.18 Å². The van der Waals surface area contributed by atoms with Crippen molar-refractivity contribution in [1.82, 2.24) is 15.0 Å². The van der Waals surface area contributed by atoms with Gasteiger partial charge in [-0.1, -0.05) is 65.9 Å². The maximum absolute atomic E-state index is 13.2. The largest absolute Gasteiger partial charge is 0.397 e. The number of hydrogen-bond acceptors (Lipinski definition) is 4. The number of nitrogens with one attached hydrogen (secondary N) is 1. The molecule has 5 aromatic rings. The summed E-state index contributed by atoms with van der Waals surface area (Å²) in [5.41, 5.74) is 10.8. The van der Waals surface area contributed by atoms with E-state index in [0.29, 0.717) is 24.3 Å². The first-order valence-corrected chi connectivity index (χ1v) is 11.9. The first kappa shape index (κ1) is 23.2. The molecule has 0 aliphatic heterocycles. The van der Waals surface area contributed by atoms with Crippen molar-refractivity contribution in [2.24, 2.45) is 0 Å². The number of aryl methyl sites for hydroxylation is 3. The molecule has 6 nitrogen and oxygen atoms in total. The Hall–Kier alpha value is -4.52. The summed E-state index contributed by atoms with van der Waals surface area (Å²) < 4.78 is 15.1. The van der Waals surface area contributed by atoms with Gasteiger partial charge in [0.2, 0.25) is 5.91 Å². The van der Waals surface area contributed by atoms with Crippen LogP contribution < -0.4 is 11.1 Å². The molecule has 1 aromatic heterocycles. The molecule has 0 atom stereocenters. The second-order valence-electron chi connectivity index (χ2n) is 8.72. The summed E-state index contributed by atoms with van der Waals surface area (Å²) in [4.78, 5) is 12.6. The highest BCUT2D eigenvalue weighted by atomic mass is 19.1. The fourth-order valence-corrected chi connectivity index (χ4v) is 4.25. The minimum atomic E-state index is -0.298. The minimum absolute atomic E-state index is 0.164. The van der Waals surface area contributed by atoms with E-state index in [1.54, 1.807) is 24.3 Å². The number of nitrogens with zero attached hydrogens (tertiary/aromatic N) is 3. The highest BCUT2D eigenvalue weighted by molar-refractivity contribution is 5.95. The van der Waals surface area contributed by atoms with E-state index in [1.807, 2.05) is 23.0 Å². The Labute approximate surface area is 208 Å².